The molecule has 3 heterocycles. The van der Waals surface area contributed by atoms with Gasteiger partial charge in [0.2, 0.25) is 5.76 Å². The molecule has 126 valence electrons. The van der Waals surface area contributed by atoms with Crippen molar-refractivity contribution in [2.24, 2.45) is 14.1 Å². The van der Waals surface area contributed by atoms with Crippen LogP contribution in [0, 0.1) is 6.92 Å². The van der Waals surface area contributed by atoms with Crippen LogP contribution in [0.15, 0.2) is 20.2 Å². The lowest BCUT2D eigenvalue weighted by Crippen LogP contribution is -2.36. The van der Waals surface area contributed by atoms with E-state index in [9.17, 15) is 14.4 Å². The van der Waals surface area contributed by atoms with Gasteiger partial charge in [-0.1, -0.05) is 5.16 Å². The lowest BCUT2D eigenvalue weighted by atomic mass is 10.3. The second kappa shape index (κ2) is 5.80. The minimum absolute atomic E-state index is 0.133. The SMILES string of the molecule is Cc1cc(C(=O)NCCc2nc3c([nH]2)c(=O)n(C)c(=O)n3C)on1. The molecule has 0 fully saturated rings. The molecule has 0 atom stereocenters. The molecule has 0 bridgehead atoms. The quantitative estimate of drug-likeness (QED) is 0.646. The molecule has 10 heteroatoms. The predicted molar refractivity (Wildman–Crippen MR) is 83.9 cm³/mol. The monoisotopic (exact) mass is 332 g/mol. The van der Waals surface area contributed by atoms with Gasteiger partial charge in [0.05, 0.1) is 5.69 Å². The third-order valence-electron chi connectivity index (χ3n) is 3.64. The van der Waals surface area contributed by atoms with Crippen LogP contribution in [-0.4, -0.2) is 36.7 Å². The Bertz CT molecular complexity index is 1040. The highest BCUT2D eigenvalue weighted by Crippen LogP contribution is 2.05. The summed E-state index contributed by atoms with van der Waals surface area (Å²) >= 11 is 0. The smallest absolute Gasteiger partial charge is 0.332 e. The van der Waals surface area contributed by atoms with E-state index in [0.29, 0.717) is 17.9 Å². The van der Waals surface area contributed by atoms with Crippen molar-refractivity contribution in [3.05, 3.63) is 44.2 Å². The largest absolute Gasteiger partial charge is 0.351 e. The van der Waals surface area contributed by atoms with Gasteiger partial charge in [0, 0.05) is 33.1 Å². The lowest BCUT2D eigenvalue weighted by Gasteiger charge is -2.00. The van der Waals surface area contributed by atoms with E-state index in [1.165, 1.54) is 17.7 Å². The van der Waals surface area contributed by atoms with Crippen LogP contribution in [0.4, 0.5) is 0 Å². The summed E-state index contributed by atoms with van der Waals surface area (Å²) < 4.78 is 7.18. The number of H-pyrrole nitrogens is 1. The number of fused-ring (bicyclic) bond motifs is 1. The van der Waals surface area contributed by atoms with E-state index in [-0.39, 0.29) is 29.4 Å². The Labute approximate surface area is 135 Å². The fourth-order valence-electron chi connectivity index (χ4n) is 2.34. The number of nitrogens with zero attached hydrogens (tertiary/aromatic N) is 4. The molecule has 0 aromatic carbocycles. The van der Waals surface area contributed by atoms with E-state index in [1.54, 1.807) is 14.0 Å². The Kier molecular flexibility index (Phi) is 3.80. The molecule has 0 radical (unpaired) electrons. The van der Waals surface area contributed by atoms with Crippen LogP contribution in [0.25, 0.3) is 11.2 Å². The van der Waals surface area contributed by atoms with E-state index in [4.69, 9.17) is 4.52 Å². The van der Waals surface area contributed by atoms with Crippen LogP contribution in [0.5, 0.6) is 0 Å². The second-order valence-electron chi connectivity index (χ2n) is 5.43. The molecule has 0 aliphatic rings. The number of aromatic nitrogens is 5. The third-order valence-corrected chi connectivity index (χ3v) is 3.64. The maximum absolute atomic E-state index is 12.1. The maximum atomic E-state index is 12.1. The highest BCUT2D eigenvalue weighted by Gasteiger charge is 2.14. The first kappa shape index (κ1) is 15.7. The number of amides is 1. The van der Waals surface area contributed by atoms with E-state index in [1.807, 2.05) is 0 Å². The first-order chi connectivity index (χ1) is 11.4. The fourth-order valence-corrected chi connectivity index (χ4v) is 2.34. The first-order valence-corrected chi connectivity index (χ1v) is 7.24. The van der Waals surface area contributed by atoms with Gasteiger partial charge >= 0.3 is 5.69 Å². The summed E-state index contributed by atoms with van der Waals surface area (Å²) in [5.41, 5.74) is 0.281. The first-order valence-electron chi connectivity index (χ1n) is 7.24. The van der Waals surface area contributed by atoms with Gasteiger partial charge in [-0.05, 0) is 6.92 Å². The fraction of sp³-hybridized carbons (Fsp3) is 0.357. The number of aromatic amines is 1. The highest BCUT2D eigenvalue weighted by atomic mass is 16.5. The Hall–Kier alpha value is -3.17. The van der Waals surface area contributed by atoms with Gasteiger partial charge < -0.3 is 14.8 Å². The molecule has 10 nitrogen and oxygen atoms in total. The van der Waals surface area contributed by atoms with Crippen LogP contribution in [0.2, 0.25) is 0 Å². The second-order valence-corrected chi connectivity index (χ2v) is 5.43. The summed E-state index contributed by atoms with van der Waals surface area (Å²) in [6.07, 6.45) is 0.366. The molecule has 3 aromatic heterocycles. The van der Waals surface area contributed by atoms with Gasteiger partial charge in [0.25, 0.3) is 11.5 Å². The molecule has 24 heavy (non-hydrogen) atoms. The average molecular weight is 332 g/mol. The summed E-state index contributed by atoms with van der Waals surface area (Å²) in [5.74, 6) is 0.251. The number of rotatable bonds is 4. The minimum Gasteiger partial charge on any atom is -0.351 e. The Balaban J connectivity index is 1.76. The molecule has 0 spiro atoms. The van der Waals surface area contributed by atoms with Crippen molar-refractivity contribution in [3.63, 3.8) is 0 Å². The molecular weight excluding hydrogens is 316 g/mol. The van der Waals surface area contributed by atoms with Gasteiger partial charge in [0.15, 0.2) is 5.65 Å². The Morgan fingerprint density at radius 2 is 2.08 bits per heavy atom. The standard InChI is InChI=1S/C14H16N6O4/c1-7-6-8(24-18-7)12(21)15-5-4-9-16-10-11(17-9)19(2)14(23)20(3)13(10)22/h6H,4-5H2,1-3H3,(H,15,21)(H,16,17). The number of hydrogen-bond acceptors (Lipinski definition) is 6. The minimum atomic E-state index is -0.445. The highest BCUT2D eigenvalue weighted by molar-refractivity contribution is 5.91. The van der Waals surface area contributed by atoms with Crippen LogP contribution in [-0.2, 0) is 20.5 Å². The zero-order valence-corrected chi connectivity index (χ0v) is 13.4. The number of aryl methyl sites for hydroxylation is 2. The molecule has 0 saturated heterocycles. The third kappa shape index (κ3) is 2.62. The van der Waals surface area contributed by atoms with E-state index in [2.05, 4.69) is 20.4 Å². The van der Waals surface area contributed by atoms with Crippen molar-refractivity contribution < 1.29 is 9.32 Å². The van der Waals surface area contributed by atoms with Crippen molar-refractivity contribution in [2.75, 3.05) is 6.54 Å². The van der Waals surface area contributed by atoms with Gasteiger partial charge in [-0.15, -0.1) is 0 Å². The Morgan fingerprint density at radius 1 is 1.33 bits per heavy atom. The van der Waals surface area contributed by atoms with E-state index >= 15 is 0 Å². The number of hydrogen-bond donors (Lipinski definition) is 2. The predicted octanol–water partition coefficient (Wildman–Crippen LogP) is -0.771. The van der Waals surface area contributed by atoms with Gasteiger partial charge in [-0.2, -0.15) is 0 Å². The molecule has 0 saturated carbocycles. The maximum Gasteiger partial charge on any atom is 0.332 e. The molecule has 3 rings (SSSR count). The molecular formula is C14H16N6O4. The van der Waals surface area contributed by atoms with Crippen LogP contribution in [0.1, 0.15) is 22.1 Å². The number of imidazole rings is 1. The van der Waals surface area contributed by atoms with Crippen molar-refractivity contribution >= 4 is 17.1 Å². The van der Waals surface area contributed by atoms with Crippen LogP contribution >= 0.6 is 0 Å². The number of nitrogens with one attached hydrogen (secondary N) is 2. The van der Waals surface area contributed by atoms with Crippen LogP contribution < -0.4 is 16.6 Å². The number of carbonyl (C=O) groups is 1. The molecule has 3 aromatic rings. The summed E-state index contributed by atoms with van der Waals surface area (Å²) in [6.45, 7) is 2.01. The molecule has 0 aliphatic heterocycles. The summed E-state index contributed by atoms with van der Waals surface area (Å²) in [4.78, 5) is 42.9. The van der Waals surface area contributed by atoms with Crippen LogP contribution in [0.3, 0.4) is 0 Å². The summed E-state index contributed by atoms with van der Waals surface area (Å²) in [7, 11) is 2.95. The van der Waals surface area contributed by atoms with Crippen molar-refractivity contribution in [2.45, 2.75) is 13.3 Å². The van der Waals surface area contributed by atoms with E-state index in [0.717, 1.165) is 4.57 Å². The van der Waals surface area contributed by atoms with Crippen molar-refractivity contribution in [1.82, 2.24) is 29.6 Å². The van der Waals surface area contributed by atoms with Gasteiger partial charge in [-0.3, -0.25) is 18.7 Å². The zero-order valence-electron chi connectivity index (χ0n) is 13.4. The lowest BCUT2D eigenvalue weighted by molar-refractivity contribution is 0.0917. The van der Waals surface area contributed by atoms with Gasteiger partial charge in [-0.25, -0.2) is 9.78 Å². The molecule has 0 unspecified atom stereocenters. The van der Waals surface area contributed by atoms with Crippen molar-refractivity contribution in [1.29, 1.82) is 0 Å². The average Bonchev–Trinajstić information content (AvgIpc) is 3.17. The normalized spacial score (nSPS) is 11.1. The number of carbonyl (C=O) groups excluding carboxylic acids is 1. The summed E-state index contributed by atoms with van der Waals surface area (Å²) in [6, 6.07) is 1.54. The van der Waals surface area contributed by atoms with Gasteiger partial charge in [0.1, 0.15) is 11.3 Å². The van der Waals surface area contributed by atoms with E-state index < -0.39 is 11.2 Å². The topological polar surface area (TPSA) is 128 Å². The summed E-state index contributed by atoms with van der Waals surface area (Å²) in [5, 5.41) is 6.32. The molecule has 0 aliphatic carbocycles. The molecule has 1 amide bonds. The Morgan fingerprint density at radius 3 is 2.75 bits per heavy atom. The van der Waals surface area contributed by atoms with Crippen molar-refractivity contribution in [3.8, 4) is 0 Å². The molecule has 2 N–H and O–H groups in total. The zero-order chi connectivity index (χ0) is 17.4.